The summed E-state index contributed by atoms with van der Waals surface area (Å²) in [4.78, 5) is 11.0. The zero-order valence-electron chi connectivity index (χ0n) is 9.60. The molecule has 86 valence electrons. The van der Waals surface area contributed by atoms with Gasteiger partial charge in [-0.05, 0) is 20.8 Å². The first-order valence-electron chi connectivity index (χ1n) is 5.23. The van der Waals surface area contributed by atoms with Crippen LogP contribution in [0.4, 0.5) is 0 Å². The van der Waals surface area contributed by atoms with E-state index in [1.807, 2.05) is 17.9 Å². The molecule has 2 unspecified atom stereocenters. The van der Waals surface area contributed by atoms with Crippen LogP contribution in [0.5, 0.6) is 0 Å². The summed E-state index contributed by atoms with van der Waals surface area (Å²) in [7, 11) is 0. The molecule has 5 heteroatoms. The summed E-state index contributed by atoms with van der Waals surface area (Å²) in [5.41, 5.74) is 1.87. The molecule has 16 heavy (non-hydrogen) atoms. The number of thiazole rings is 2. The molecular formula is C11H15N3S2. The van der Waals surface area contributed by atoms with Crippen molar-refractivity contribution < 1.29 is 0 Å². The molecule has 0 aliphatic carbocycles. The predicted molar refractivity (Wildman–Crippen MR) is 68.9 cm³/mol. The number of hydrogen-bond acceptors (Lipinski definition) is 5. The average molecular weight is 253 g/mol. The second-order valence-electron chi connectivity index (χ2n) is 3.82. The van der Waals surface area contributed by atoms with Crippen LogP contribution in [0.3, 0.4) is 0 Å². The highest BCUT2D eigenvalue weighted by Gasteiger charge is 2.14. The minimum Gasteiger partial charge on any atom is -0.301 e. The Bertz CT molecular complexity index is 436. The molecule has 2 heterocycles. The topological polar surface area (TPSA) is 37.8 Å². The van der Waals surface area contributed by atoms with Gasteiger partial charge in [0, 0.05) is 28.2 Å². The van der Waals surface area contributed by atoms with E-state index < -0.39 is 0 Å². The summed E-state index contributed by atoms with van der Waals surface area (Å²) in [6.45, 7) is 6.39. The van der Waals surface area contributed by atoms with Crippen LogP contribution in [0, 0.1) is 6.92 Å². The van der Waals surface area contributed by atoms with Crippen molar-refractivity contribution in [2.24, 2.45) is 0 Å². The van der Waals surface area contributed by atoms with Crippen molar-refractivity contribution >= 4 is 22.7 Å². The average Bonchev–Trinajstić information content (AvgIpc) is 2.87. The number of rotatable bonds is 4. The summed E-state index contributed by atoms with van der Waals surface area (Å²) in [6.07, 6.45) is 3.84. The molecule has 0 amide bonds. The molecule has 2 atom stereocenters. The molecule has 0 aliphatic heterocycles. The second-order valence-corrected chi connectivity index (χ2v) is 6.01. The number of aromatic nitrogens is 2. The van der Waals surface area contributed by atoms with Crippen LogP contribution < -0.4 is 5.32 Å². The third-order valence-corrected chi connectivity index (χ3v) is 4.44. The first-order chi connectivity index (χ1) is 7.66. The SMILES string of the molecule is Cc1cnc(C(C)NC(C)c2cncs2)s1. The fraction of sp³-hybridized carbons (Fsp3) is 0.455. The van der Waals surface area contributed by atoms with Crippen LogP contribution in [0.2, 0.25) is 0 Å². The number of nitrogens with one attached hydrogen (secondary N) is 1. The van der Waals surface area contributed by atoms with Gasteiger partial charge >= 0.3 is 0 Å². The summed E-state index contributed by atoms with van der Waals surface area (Å²) < 4.78 is 0. The van der Waals surface area contributed by atoms with Gasteiger partial charge in [0.15, 0.2) is 0 Å². The maximum atomic E-state index is 4.39. The highest BCUT2D eigenvalue weighted by molar-refractivity contribution is 7.11. The van der Waals surface area contributed by atoms with Crippen LogP contribution >= 0.6 is 22.7 Å². The van der Waals surface area contributed by atoms with Crippen LogP contribution in [0.25, 0.3) is 0 Å². The minimum atomic E-state index is 0.288. The molecular weight excluding hydrogens is 238 g/mol. The monoisotopic (exact) mass is 253 g/mol. The lowest BCUT2D eigenvalue weighted by Gasteiger charge is -2.16. The zero-order chi connectivity index (χ0) is 11.5. The van der Waals surface area contributed by atoms with E-state index >= 15 is 0 Å². The van der Waals surface area contributed by atoms with Gasteiger partial charge in [-0.2, -0.15) is 0 Å². The standard InChI is InChI=1S/C11H15N3S2/c1-7-4-13-11(16-7)9(3)14-8(2)10-5-12-6-15-10/h4-6,8-9,14H,1-3H3. The van der Waals surface area contributed by atoms with Crippen LogP contribution in [0.15, 0.2) is 17.9 Å². The zero-order valence-corrected chi connectivity index (χ0v) is 11.2. The molecule has 3 nitrogen and oxygen atoms in total. The van der Waals surface area contributed by atoms with Crippen LogP contribution in [-0.4, -0.2) is 9.97 Å². The molecule has 0 saturated carbocycles. The van der Waals surface area contributed by atoms with Gasteiger partial charge in [-0.15, -0.1) is 22.7 Å². The molecule has 0 spiro atoms. The Morgan fingerprint density at radius 2 is 2.06 bits per heavy atom. The summed E-state index contributed by atoms with van der Waals surface area (Å²) in [5, 5.41) is 4.68. The maximum absolute atomic E-state index is 4.39. The largest absolute Gasteiger partial charge is 0.301 e. The molecule has 1 N–H and O–H groups in total. The molecule has 0 fully saturated rings. The Morgan fingerprint density at radius 1 is 1.25 bits per heavy atom. The van der Waals surface area contributed by atoms with E-state index in [-0.39, 0.29) is 6.04 Å². The molecule has 2 rings (SSSR count). The molecule has 0 saturated heterocycles. The van der Waals surface area contributed by atoms with E-state index in [1.54, 1.807) is 22.7 Å². The van der Waals surface area contributed by atoms with Crippen LogP contribution in [-0.2, 0) is 0 Å². The normalized spacial score (nSPS) is 14.9. The van der Waals surface area contributed by atoms with Crippen molar-refractivity contribution in [1.82, 2.24) is 15.3 Å². The van der Waals surface area contributed by atoms with E-state index in [0.717, 1.165) is 5.01 Å². The third kappa shape index (κ3) is 2.66. The summed E-state index contributed by atoms with van der Waals surface area (Å²) in [6, 6.07) is 0.613. The van der Waals surface area contributed by atoms with Gasteiger partial charge in [0.2, 0.25) is 0 Å². The van der Waals surface area contributed by atoms with Gasteiger partial charge in [-0.3, -0.25) is 4.98 Å². The van der Waals surface area contributed by atoms with Gasteiger partial charge in [-0.1, -0.05) is 0 Å². The third-order valence-electron chi connectivity index (χ3n) is 2.39. The highest BCUT2D eigenvalue weighted by Crippen LogP contribution is 2.24. The summed E-state index contributed by atoms with van der Waals surface area (Å²) >= 11 is 3.43. The predicted octanol–water partition coefficient (Wildman–Crippen LogP) is 3.32. The second kappa shape index (κ2) is 5.03. The van der Waals surface area contributed by atoms with Crippen molar-refractivity contribution in [2.75, 3.05) is 0 Å². The van der Waals surface area contributed by atoms with Gasteiger partial charge in [-0.25, -0.2) is 4.98 Å². The lowest BCUT2D eigenvalue weighted by atomic mass is 10.2. The molecule has 0 bridgehead atoms. The smallest absolute Gasteiger partial charge is 0.109 e. The Hall–Kier alpha value is -0.780. The molecule has 0 aromatic carbocycles. The highest BCUT2D eigenvalue weighted by atomic mass is 32.1. The molecule has 0 aliphatic rings. The Kier molecular flexibility index (Phi) is 3.68. The lowest BCUT2D eigenvalue weighted by Crippen LogP contribution is -2.21. The Balaban J connectivity index is 2.00. The van der Waals surface area contributed by atoms with E-state index in [0.29, 0.717) is 6.04 Å². The van der Waals surface area contributed by atoms with Crippen LogP contribution in [0.1, 0.15) is 40.7 Å². The van der Waals surface area contributed by atoms with E-state index in [4.69, 9.17) is 0 Å². The minimum absolute atomic E-state index is 0.288. The van der Waals surface area contributed by atoms with E-state index in [2.05, 4.69) is 36.1 Å². The molecule has 2 aromatic rings. The van der Waals surface area contributed by atoms with Gasteiger partial charge in [0.25, 0.3) is 0 Å². The van der Waals surface area contributed by atoms with Gasteiger partial charge < -0.3 is 5.32 Å². The first kappa shape index (κ1) is 11.7. The van der Waals surface area contributed by atoms with Crippen molar-refractivity contribution in [2.45, 2.75) is 32.9 Å². The number of aryl methyl sites for hydroxylation is 1. The summed E-state index contributed by atoms with van der Waals surface area (Å²) in [5.74, 6) is 0. The fourth-order valence-corrected chi connectivity index (χ4v) is 2.96. The van der Waals surface area contributed by atoms with Gasteiger partial charge in [0.05, 0.1) is 11.6 Å². The maximum Gasteiger partial charge on any atom is 0.109 e. The van der Waals surface area contributed by atoms with Crippen molar-refractivity contribution in [3.8, 4) is 0 Å². The first-order valence-corrected chi connectivity index (χ1v) is 6.93. The van der Waals surface area contributed by atoms with Crippen molar-refractivity contribution in [3.63, 3.8) is 0 Å². The Morgan fingerprint density at radius 3 is 2.62 bits per heavy atom. The van der Waals surface area contributed by atoms with Crippen molar-refractivity contribution in [1.29, 1.82) is 0 Å². The van der Waals surface area contributed by atoms with Crippen molar-refractivity contribution in [3.05, 3.63) is 32.7 Å². The number of nitrogens with zero attached hydrogens (tertiary/aromatic N) is 2. The van der Waals surface area contributed by atoms with E-state index in [1.165, 1.54) is 9.75 Å². The quantitative estimate of drug-likeness (QED) is 0.908. The van der Waals surface area contributed by atoms with E-state index in [9.17, 15) is 0 Å². The number of hydrogen-bond donors (Lipinski definition) is 1. The van der Waals surface area contributed by atoms with Gasteiger partial charge in [0.1, 0.15) is 5.01 Å². The lowest BCUT2D eigenvalue weighted by molar-refractivity contribution is 0.498. The Labute approximate surface area is 104 Å². The fourth-order valence-electron chi connectivity index (χ4n) is 1.54. The molecule has 2 aromatic heterocycles. The molecule has 0 radical (unpaired) electrons.